The Labute approximate surface area is 139 Å². The minimum Gasteiger partial charge on any atom is -0.462 e. The van der Waals surface area contributed by atoms with Crippen molar-refractivity contribution in [2.24, 2.45) is 0 Å². The normalized spacial score (nSPS) is 12.0. The maximum Gasteiger partial charge on any atom is 0.338 e. The van der Waals surface area contributed by atoms with E-state index in [0.717, 1.165) is 16.6 Å². The van der Waals surface area contributed by atoms with Crippen LogP contribution in [-0.2, 0) is 11.3 Å². The maximum atomic E-state index is 12.0. The molecule has 0 bridgehead atoms. The molecule has 0 radical (unpaired) electrons. The van der Waals surface area contributed by atoms with Crippen LogP contribution in [0.1, 0.15) is 41.4 Å². The molecule has 1 unspecified atom stereocenters. The van der Waals surface area contributed by atoms with Crippen molar-refractivity contribution in [3.05, 3.63) is 69.7 Å². The van der Waals surface area contributed by atoms with Crippen LogP contribution in [0.5, 0.6) is 0 Å². The molecule has 0 saturated heterocycles. The van der Waals surface area contributed by atoms with E-state index >= 15 is 0 Å². The number of halogens is 1. The number of carbonyl (C=O) groups excluding carboxylic acids is 1. The van der Waals surface area contributed by atoms with Gasteiger partial charge in [-0.2, -0.15) is 0 Å². The zero-order valence-electron chi connectivity index (χ0n) is 12.8. The van der Waals surface area contributed by atoms with Crippen LogP contribution < -0.4 is 5.32 Å². The van der Waals surface area contributed by atoms with Crippen LogP contribution in [0.3, 0.4) is 0 Å². The quantitative estimate of drug-likeness (QED) is 0.771. The first kappa shape index (κ1) is 16.7. The van der Waals surface area contributed by atoms with E-state index in [-0.39, 0.29) is 12.0 Å². The predicted molar refractivity (Wildman–Crippen MR) is 91.8 cm³/mol. The van der Waals surface area contributed by atoms with Crippen molar-refractivity contribution in [1.82, 2.24) is 5.32 Å². The molecular formula is C18H20BrNO2. The summed E-state index contributed by atoms with van der Waals surface area (Å²) in [6, 6.07) is 15.7. The fraction of sp³-hybridized carbons (Fsp3) is 0.278. The summed E-state index contributed by atoms with van der Waals surface area (Å²) >= 11 is 3.55. The molecular weight excluding hydrogens is 342 g/mol. The third kappa shape index (κ3) is 4.18. The van der Waals surface area contributed by atoms with Gasteiger partial charge < -0.3 is 10.1 Å². The van der Waals surface area contributed by atoms with Gasteiger partial charge in [-0.05, 0) is 37.1 Å². The highest BCUT2D eigenvalue weighted by Crippen LogP contribution is 2.21. The van der Waals surface area contributed by atoms with E-state index < -0.39 is 0 Å². The van der Waals surface area contributed by atoms with E-state index in [2.05, 4.69) is 34.2 Å². The Kier molecular flexibility index (Phi) is 6.16. The molecule has 0 fully saturated rings. The first-order valence-electron chi connectivity index (χ1n) is 7.36. The zero-order valence-corrected chi connectivity index (χ0v) is 14.4. The Morgan fingerprint density at radius 3 is 2.59 bits per heavy atom. The Balaban J connectivity index is 2.11. The third-order valence-corrected chi connectivity index (χ3v) is 4.25. The molecule has 0 saturated carbocycles. The molecule has 1 atom stereocenters. The summed E-state index contributed by atoms with van der Waals surface area (Å²) in [4.78, 5) is 12.0. The van der Waals surface area contributed by atoms with E-state index in [1.165, 1.54) is 5.56 Å². The molecule has 4 heteroatoms. The monoisotopic (exact) mass is 361 g/mol. The fourth-order valence-electron chi connectivity index (χ4n) is 2.28. The third-order valence-electron chi connectivity index (χ3n) is 3.48. The number of rotatable bonds is 6. The van der Waals surface area contributed by atoms with Crippen LogP contribution in [0, 0.1) is 0 Å². The SMILES string of the molecule is CCOC(=O)c1ccccc1C(C)NCc1ccccc1Br. The Morgan fingerprint density at radius 2 is 1.86 bits per heavy atom. The van der Waals surface area contributed by atoms with Crippen LogP contribution in [0.25, 0.3) is 0 Å². The summed E-state index contributed by atoms with van der Waals surface area (Å²) in [5.74, 6) is -0.271. The molecule has 116 valence electrons. The van der Waals surface area contributed by atoms with Crippen molar-refractivity contribution in [3.63, 3.8) is 0 Å². The largest absolute Gasteiger partial charge is 0.462 e. The lowest BCUT2D eigenvalue weighted by molar-refractivity contribution is 0.0524. The minimum absolute atomic E-state index is 0.0488. The highest BCUT2D eigenvalue weighted by molar-refractivity contribution is 9.10. The van der Waals surface area contributed by atoms with Gasteiger partial charge in [0.2, 0.25) is 0 Å². The van der Waals surface area contributed by atoms with Crippen LogP contribution in [0.15, 0.2) is 53.0 Å². The van der Waals surface area contributed by atoms with Crippen molar-refractivity contribution >= 4 is 21.9 Å². The lowest BCUT2D eigenvalue weighted by atomic mass is 10.0. The van der Waals surface area contributed by atoms with Gasteiger partial charge in [0.15, 0.2) is 0 Å². The van der Waals surface area contributed by atoms with E-state index in [9.17, 15) is 4.79 Å². The lowest BCUT2D eigenvalue weighted by Crippen LogP contribution is -2.21. The zero-order chi connectivity index (χ0) is 15.9. The molecule has 0 aromatic heterocycles. The van der Waals surface area contributed by atoms with E-state index in [0.29, 0.717) is 12.2 Å². The number of hydrogen-bond donors (Lipinski definition) is 1. The molecule has 2 rings (SSSR count). The topological polar surface area (TPSA) is 38.3 Å². The first-order chi connectivity index (χ1) is 10.6. The summed E-state index contributed by atoms with van der Waals surface area (Å²) in [6.45, 7) is 4.97. The molecule has 0 spiro atoms. The second-order valence-corrected chi connectivity index (χ2v) is 5.86. The summed E-state index contributed by atoms with van der Waals surface area (Å²) in [5, 5.41) is 3.46. The smallest absolute Gasteiger partial charge is 0.338 e. The van der Waals surface area contributed by atoms with Crippen molar-refractivity contribution in [3.8, 4) is 0 Å². The molecule has 0 amide bonds. The van der Waals surface area contributed by atoms with Gasteiger partial charge in [0.25, 0.3) is 0 Å². The number of nitrogens with one attached hydrogen (secondary N) is 1. The molecule has 0 aliphatic carbocycles. The number of hydrogen-bond acceptors (Lipinski definition) is 3. The second-order valence-electron chi connectivity index (χ2n) is 5.00. The number of benzene rings is 2. The van der Waals surface area contributed by atoms with Gasteiger partial charge in [-0.3, -0.25) is 0 Å². The predicted octanol–water partition coefficient (Wildman–Crippen LogP) is 4.48. The van der Waals surface area contributed by atoms with Gasteiger partial charge in [-0.1, -0.05) is 52.3 Å². The summed E-state index contributed by atoms with van der Waals surface area (Å²) in [5.41, 5.74) is 2.76. The summed E-state index contributed by atoms with van der Waals surface area (Å²) in [7, 11) is 0. The van der Waals surface area contributed by atoms with Gasteiger partial charge in [0.05, 0.1) is 12.2 Å². The Morgan fingerprint density at radius 1 is 1.18 bits per heavy atom. The lowest BCUT2D eigenvalue weighted by Gasteiger charge is -2.18. The standard InChI is InChI=1S/C18H20BrNO2/c1-3-22-18(21)16-10-6-5-9-15(16)13(2)20-12-14-8-4-7-11-17(14)19/h4-11,13,20H,3,12H2,1-2H3. The highest BCUT2D eigenvalue weighted by atomic mass is 79.9. The van der Waals surface area contributed by atoms with E-state index in [1.54, 1.807) is 0 Å². The van der Waals surface area contributed by atoms with Crippen LogP contribution in [0.2, 0.25) is 0 Å². The molecule has 0 heterocycles. The average Bonchev–Trinajstić information content (AvgIpc) is 2.54. The molecule has 0 aliphatic rings. The van der Waals surface area contributed by atoms with Gasteiger partial charge in [0.1, 0.15) is 0 Å². The summed E-state index contributed by atoms with van der Waals surface area (Å²) in [6.07, 6.45) is 0. The van der Waals surface area contributed by atoms with Gasteiger partial charge >= 0.3 is 5.97 Å². The van der Waals surface area contributed by atoms with Crippen molar-refractivity contribution in [2.45, 2.75) is 26.4 Å². The minimum atomic E-state index is -0.271. The van der Waals surface area contributed by atoms with E-state index in [1.807, 2.05) is 49.4 Å². The molecule has 3 nitrogen and oxygen atoms in total. The van der Waals surface area contributed by atoms with Crippen LogP contribution in [-0.4, -0.2) is 12.6 Å². The molecule has 2 aromatic carbocycles. The summed E-state index contributed by atoms with van der Waals surface area (Å²) < 4.78 is 6.20. The molecule has 0 aliphatic heterocycles. The van der Waals surface area contributed by atoms with Gasteiger partial charge in [-0.15, -0.1) is 0 Å². The van der Waals surface area contributed by atoms with Crippen LogP contribution >= 0.6 is 15.9 Å². The number of esters is 1. The molecule has 2 aromatic rings. The highest BCUT2D eigenvalue weighted by Gasteiger charge is 2.16. The van der Waals surface area contributed by atoms with Crippen molar-refractivity contribution < 1.29 is 9.53 Å². The van der Waals surface area contributed by atoms with E-state index in [4.69, 9.17) is 4.74 Å². The first-order valence-corrected chi connectivity index (χ1v) is 8.15. The van der Waals surface area contributed by atoms with Crippen molar-refractivity contribution in [1.29, 1.82) is 0 Å². The van der Waals surface area contributed by atoms with Gasteiger partial charge in [0, 0.05) is 17.1 Å². The average molecular weight is 362 g/mol. The number of carbonyl (C=O) groups is 1. The van der Waals surface area contributed by atoms with Crippen LogP contribution in [0.4, 0.5) is 0 Å². The van der Waals surface area contributed by atoms with Gasteiger partial charge in [-0.25, -0.2) is 4.79 Å². The maximum absolute atomic E-state index is 12.0. The molecule has 1 N–H and O–H groups in total. The Bertz CT molecular complexity index is 642. The second kappa shape index (κ2) is 8.11. The molecule has 22 heavy (non-hydrogen) atoms. The Hall–Kier alpha value is -1.65. The van der Waals surface area contributed by atoms with Crippen molar-refractivity contribution in [2.75, 3.05) is 6.61 Å². The fourth-order valence-corrected chi connectivity index (χ4v) is 2.71. The number of ether oxygens (including phenoxy) is 1.